The largest absolute Gasteiger partial charge is 0.372 e. The molecule has 2 aromatic carbocycles. The Labute approximate surface area is 170 Å². The summed E-state index contributed by atoms with van der Waals surface area (Å²) in [6, 6.07) is 16.6. The number of hydrogen-bond acceptors (Lipinski definition) is 4. The normalized spacial score (nSPS) is 14.7. The number of benzene rings is 2. The number of thiazole rings is 1. The van der Waals surface area contributed by atoms with Crippen molar-refractivity contribution in [2.75, 3.05) is 25.0 Å². The molecule has 4 rings (SSSR count). The molecule has 1 saturated heterocycles. The Hall–Kier alpha value is -2.66. The van der Waals surface area contributed by atoms with E-state index in [0.717, 1.165) is 33.9 Å². The van der Waals surface area contributed by atoms with Gasteiger partial charge in [0.1, 0.15) is 5.01 Å². The van der Waals surface area contributed by atoms with Gasteiger partial charge in [-0.15, -0.1) is 11.3 Å². The number of rotatable bonds is 5. The zero-order valence-corrected chi connectivity index (χ0v) is 17.0. The average molecular weight is 392 g/mol. The van der Waals surface area contributed by atoms with Crippen LogP contribution in [-0.2, 0) is 11.3 Å². The molecule has 1 aromatic heterocycles. The molecule has 0 atom stereocenters. The van der Waals surface area contributed by atoms with Crippen LogP contribution in [0.25, 0.3) is 16.3 Å². The molecule has 0 radical (unpaired) electrons. The molecule has 28 heavy (non-hydrogen) atoms. The van der Waals surface area contributed by atoms with E-state index in [9.17, 15) is 4.79 Å². The molecule has 0 aliphatic carbocycles. The third-order valence-electron chi connectivity index (χ3n) is 5.13. The van der Waals surface area contributed by atoms with Gasteiger partial charge in [0.25, 0.3) is 0 Å². The predicted octanol–water partition coefficient (Wildman–Crippen LogP) is 4.96. The second kappa shape index (κ2) is 8.57. The summed E-state index contributed by atoms with van der Waals surface area (Å²) in [6.07, 6.45) is 7.31. The van der Waals surface area contributed by atoms with Gasteiger partial charge in [-0.05, 0) is 55.2 Å². The third kappa shape index (κ3) is 4.42. The molecular formula is C23H25N3OS. The Morgan fingerprint density at radius 3 is 2.61 bits per heavy atom. The van der Waals surface area contributed by atoms with Crippen LogP contribution in [0.2, 0.25) is 0 Å². The van der Waals surface area contributed by atoms with E-state index in [1.807, 2.05) is 37.4 Å². The Balaban J connectivity index is 1.35. The minimum Gasteiger partial charge on any atom is -0.372 e. The molecule has 1 fully saturated rings. The van der Waals surface area contributed by atoms with Crippen molar-refractivity contribution in [1.29, 1.82) is 0 Å². The molecule has 4 nitrogen and oxygen atoms in total. The summed E-state index contributed by atoms with van der Waals surface area (Å²) in [6.45, 7) is 2.89. The van der Waals surface area contributed by atoms with Crippen molar-refractivity contribution in [3.63, 3.8) is 0 Å². The van der Waals surface area contributed by atoms with Crippen molar-refractivity contribution in [2.24, 2.45) is 0 Å². The van der Waals surface area contributed by atoms with Crippen LogP contribution in [0.15, 0.2) is 54.6 Å². The molecule has 1 aliphatic heterocycles. The smallest absolute Gasteiger partial charge is 0.246 e. The van der Waals surface area contributed by atoms with Gasteiger partial charge in [0.2, 0.25) is 5.91 Å². The number of carbonyl (C=O) groups excluding carboxylic acids is 1. The maximum Gasteiger partial charge on any atom is 0.246 e. The number of fused-ring (bicyclic) bond motifs is 1. The van der Waals surface area contributed by atoms with Crippen molar-refractivity contribution >= 4 is 39.2 Å². The van der Waals surface area contributed by atoms with Crippen LogP contribution >= 0.6 is 11.3 Å². The maximum atomic E-state index is 12.5. The number of nitrogens with zero attached hydrogens (tertiary/aromatic N) is 3. The van der Waals surface area contributed by atoms with Gasteiger partial charge in [-0.1, -0.05) is 24.3 Å². The zero-order valence-electron chi connectivity index (χ0n) is 16.2. The summed E-state index contributed by atoms with van der Waals surface area (Å²) in [5, 5.41) is 0.855. The molecule has 1 aliphatic rings. The molecule has 2 heterocycles. The van der Waals surface area contributed by atoms with Crippen LogP contribution in [0.3, 0.4) is 0 Å². The van der Waals surface area contributed by atoms with E-state index in [-0.39, 0.29) is 5.91 Å². The first kappa shape index (κ1) is 18.7. The fourth-order valence-corrected chi connectivity index (χ4v) is 4.42. The Morgan fingerprint density at radius 1 is 1.11 bits per heavy atom. The number of likely N-dealkylation sites (N-methyl/N-ethyl adjacent to an activating group) is 1. The summed E-state index contributed by atoms with van der Waals surface area (Å²) >= 11 is 1.60. The van der Waals surface area contributed by atoms with Crippen LogP contribution in [0.5, 0.6) is 0 Å². The van der Waals surface area contributed by atoms with Gasteiger partial charge in [-0.25, -0.2) is 4.98 Å². The van der Waals surface area contributed by atoms with Crippen LogP contribution in [0.4, 0.5) is 5.69 Å². The highest BCUT2D eigenvalue weighted by Gasteiger charge is 2.11. The minimum absolute atomic E-state index is 0.0145. The van der Waals surface area contributed by atoms with Crippen LogP contribution < -0.4 is 4.90 Å². The Kier molecular flexibility index (Phi) is 5.72. The first-order valence-electron chi connectivity index (χ1n) is 9.82. The summed E-state index contributed by atoms with van der Waals surface area (Å²) in [5.41, 5.74) is 3.40. The van der Waals surface area contributed by atoms with Gasteiger partial charge in [0, 0.05) is 38.4 Å². The van der Waals surface area contributed by atoms with Crippen molar-refractivity contribution in [1.82, 2.24) is 9.88 Å². The third-order valence-corrected chi connectivity index (χ3v) is 6.13. The van der Waals surface area contributed by atoms with Crippen molar-refractivity contribution in [2.45, 2.75) is 25.8 Å². The molecule has 5 heteroatoms. The monoisotopic (exact) mass is 391 g/mol. The molecule has 0 bridgehead atoms. The maximum absolute atomic E-state index is 12.5. The summed E-state index contributed by atoms with van der Waals surface area (Å²) in [5.74, 6) is -0.0145. The second-order valence-electron chi connectivity index (χ2n) is 7.26. The number of aromatic nitrogens is 1. The number of piperidine rings is 1. The molecule has 0 saturated carbocycles. The molecule has 0 N–H and O–H groups in total. The number of hydrogen-bond donors (Lipinski definition) is 0. The summed E-state index contributed by atoms with van der Waals surface area (Å²) in [4.78, 5) is 21.2. The van der Waals surface area contributed by atoms with E-state index in [0.29, 0.717) is 6.54 Å². The number of carbonyl (C=O) groups is 1. The SMILES string of the molecule is CN(Cc1ccc(N2CCCCC2)cc1)C(=O)/C=C/c1nc2ccccc2s1. The number of anilines is 1. The topological polar surface area (TPSA) is 36.4 Å². The van der Waals surface area contributed by atoms with Crippen molar-refractivity contribution in [3.05, 3.63) is 65.2 Å². The Morgan fingerprint density at radius 2 is 1.86 bits per heavy atom. The molecule has 0 unspecified atom stereocenters. The zero-order chi connectivity index (χ0) is 19.3. The fourth-order valence-electron chi connectivity index (χ4n) is 3.55. The lowest BCUT2D eigenvalue weighted by atomic mass is 10.1. The van der Waals surface area contributed by atoms with E-state index in [1.165, 1.54) is 24.9 Å². The lowest BCUT2D eigenvalue weighted by Crippen LogP contribution is -2.29. The van der Waals surface area contributed by atoms with E-state index in [1.54, 1.807) is 22.3 Å². The number of amides is 1. The highest BCUT2D eigenvalue weighted by atomic mass is 32.1. The highest BCUT2D eigenvalue weighted by molar-refractivity contribution is 7.19. The second-order valence-corrected chi connectivity index (χ2v) is 8.32. The first-order chi connectivity index (χ1) is 13.7. The quantitative estimate of drug-likeness (QED) is 0.577. The van der Waals surface area contributed by atoms with Crippen LogP contribution in [-0.4, -0.2) is 35.9 Å². The lowest BCUT2D eigenvalue weighted by molar-refractivity contribution is -0.125. The van der Waals surface area contributed by atoms with Gasteiger partial charge in [0.15, 0.2) is 0 Å². The van der Waals surface area contributed by atoms with Crippen molar-refractivity contribution < 1.29 is 4.79 Å². The van der Waals surface area contributed by atoms with Crippen LogP contribution in [0.1, 0.15) is 29.8 Å². The fraction of sp³-hybridized carbons (Fsp3) is 0.304. The van der Waals surface area contributed by atoms with E-state index < -0.39 is 0 Å². The molecule has 0 spiro atoms. The van der Waals surface area contributed by atoms with Gasteiger partial charge in [0.05, 0.1) is 10.2 Å². The van der Waals surface area contributed by atoms with Gasteiger partial charge in [-0.3, -0.25) is 4.79 Å². The van der Waals surface area contributed by atoms with Gasteiger partial charge < -0.3 is 9.80 Å². The summed E-state index contributed by atoms with van der Waals surface area (Å²) < 4.78 is 1.14. The number of para-hydroxylation sites is 1. The first-order valence-corrected chi connectivity index (χ1v) is 10.6. The van der Waals surface area contributed by atoms with Crippen molar-refractivity contribution in [3.8, 4) is 0 Å². The predicted molar refractivity (Wildman–Crippen MR) is 118 cm³/mol. The highest BCUT2D eigenvalue weighted by Crippen LogP contribution is 2.23. The van der Waals surface area contributed by atoms with E-state index >= 15 is 0 Å². The minimum atomic E-state index is -0.0145. The molecular weight excluding hydrogens is 366 g/mol. The summed E-state index contributed by atoms with van der Waals surface area (Å²) in [7, 11) is 1.84. The van der Waals surface area contributed by atoms with Crippen LogP contribution in [0, 0.1) is 0 Å². The standard InChI is InChI=1S/C23H25N3OS/c1-25(17-18-9-11-19(12-10-18)26-15-5-2-6-16-26)23(27)14-13-22-24-20-7-3-4-8-21(20)28-22/h3-4,7-14H,2,5-6,15-17H2,1H3/b14-13+. The van der Waals surface area contributed by atoms with E-state index in [4.69, 9.17) is 0 Å². The van der Waals surface area contributed by atoms with E-state index in [2.05, 4.69) is 34.1 Å². The Bertz CT molecular complexity index is 938. The lowest BCUT2D eigenvalue weighted by Gasteiger charge is -2.29. The molecule has 144 valence electrons. The van der Waals surface area contributed by atoms with Gasteiger partial charge in [-0.2, -0.15) is 0 Å². The molecule has 1 amide bonds. The molecule has 3 aromatic rings. The average Bonchev–Trinajstić information content (AvgIpc) is 3.16. The van der Waals surface area contributed by atoms with Gasteiger partial charge >= 0.3 is 0 Å².